The molecule has 0 aromatic rings. The van der Waals surface area contributed by atoms with E-state index in [0.717, 1.165) is 36.2 Å². The average Bonchev–Trinajstić information content (AvgIpc) is 3.34. The van der Waals surface area contributed by atoms with Crippen LogP contribution in [0.4, 0.5) is 0 Å². The van der Waals surface area contributed by atoms with Crippen LogP contribution in [0.15, 0.2) is 11.3 Å². The van der Waals surface area contributed by atoms with Gasteiger partial charge in [-0.2, -0.15) is 8.42 Å². The van der Waals surface area contributed by atoms with Crippen molar-refractivity contribution >= 4 is 10.4 Å². The second-order valence-corrected chi connectivity index (χ2v) is 14.1. The Kier molecular flexibility index (Phi) is 6.02. The molecule has 3 saturated carbocycles. The van der Waals surface area contributed by atoms with Crippen molar-refractivity contribution in [1.29, 1.82) is 0 Å². The number of ether oxygens (including phenoxy) is 1. The summed E-state index contributed by atoms with van der Waals surface area (Å²) in [5, 5.41) is 0. The maximum absolute atomic E-state index is 11.8. The molecule has 0 aromatic heterocycles. The van der Waals surface area contributed by atoms with Crippen LogP contribution in [0.25, 0.3) is 0 Å². The van der Waals surface area contributed by atoms with Crippen molar-refractivity contribution in [3.63, 3.8) is 0 Å². The van der Waals surface area contributed by atoms with Gasteiger partial charge in [-0.05, 0) is 84.0 Å². The average molecular weight is 481 g/mol. The van der Waals surface area contributed by atoms with Crippen LogP contribution in [-0.2, 0) is 19.3 Å². The molecule has 0 spiro atoms. The summed E-state index contributed by atoms with van der Waals surface area (Å²) in [7, 11) is -4.52. The minimum Gasteiger partial charge on any atom is -0.369 e. The predicted octanol–water partition coefficient (Wildman–Crippen LogP) is 6.55. The molecule has 1 saturated heterocycles. The van der Waals surface area contributed by atoms with Crippen molar-refractivity contribution in [2.75, 3.05) is 0 Å². The van der Waals surface area contributed by atoms with Gasteiger partial charge in [-0.25, -0.2) is 0 Å². The van der Waals surface area contributed by atoms with E-state index in [1.165, 1.54) is 44.9 Å². The van der Waals surface area contributed by atoms with E-state index in [2.05, 4.69) is 34.6 Å². The third kappa shape index (κ3) is 4.20. The number of rotatable bonds is 7. The lowest BCUT2D eigenvalue weighted by Gasteiger charge is -2.58. The smallest absolute Gasteiger partial charge is 0.369 e. The lowest BCUT2D eigenvalue weighted by Crippen LogP contribution is -2.51. The van der Waals surface area contributed by atoms with E-state index in [9.17, 15) is 13.0 Å². The molecule has 5 rings (SSSR count). The summed E-state index contributed by atoms with van der Waals surface area (Å²) < 4.78 is 44.3. The van der Waals surface area contributed by atoms with Crippen molar-refractivity contribution in [2.24, 2.45) is 46.3 Å². The highest BCUT2D eigenvalue weighted by atomic mass is 32.3. The van der Waals surface area contributed by atoms with Crippen LogP contribution in [0.3, 0.4) is 0 Å². The van der Waals surface area contributed by atoms with Gasteiger partial charge in [0.25, 0.3) is 0 Å². The van der Waals surface area contributed by atoms with Crippen LogP contribution in [0.1, 0.15) is 98.8 Å². The monoisotopic (exact) mass is 480 g/mol. The largest absolute Gasteiger partial charge is 0.446 e. The van der Waals surface area contributed by atoms with Crippen LogP contribution in [-0.4, -0.2) is 25.2 Å². The Hall–Kier alpha value is -0.590. The molecular formula is C27H44O5S. The van der Waals surface area contributed by atoms with Gasteiger partial charge in [0.2, 0.25) is 0 Å². The Morgan fingerprint density at radius 2 is 1.82 bits per heavy atom. The summed E-state index contributed by atoms with van der Waals surface area (Å²) in [6.07, 6.45) is 11.9. The number of allylic oxidation sites excluding steroid dienone is 1. The standard InChI is InChI=1S/C27H44O5S/c1-16(2)7-6-8-17(3)19-9-10-20-18-13-23(32-33(28,29)30)22-14-24-25(31-24)15-27(22,5)21(18)11-12-26(19,20)4/h16-21,24-25H,6-15H2,1-5H3,(H,28,29,30)/t17-,18+,19-,20+,21+,24?,25?,26-,27-/m1/s1. The molecule has 1 heterocycles. The second-order valence-electron chi connectivity index (χ2n) is 13.1. The highest BCUT2D eigenvalue weighted by Gasteiger charge is 2.63. The zero-order valence-electron chi connectivity index (χ0n) is 21.2. The molecule has 188 valence electrons. The fourth-order valence-electron chi connectivity index (χ4n) is 9.26. The van der Waals surface area contributed by atoms with Gasteiger partial charge in [-0.15, -0.1) is 0 Å². The maximum atomic E-state index is 11.8. The van der Waals surface area contributed by atoms with Gasteiger partial charge in [0.15, 0.2) is 0 Å². The molecule has 1 aliphatic heterocycles. The van der Waals surface area contributed by atoms with Crippen LogP contribution in [0.5, 0.6) is 0 Å². The lowest BCUT2D eigenvalue weighted by molar-refractivity contribution is -0.0567. The number of hydrogen-bond donors (Lipinski definition) is 1. The SMILES string of the molecule is CC(C)CCC[C@@H](C)[C@H]1CC[C@H]2[C@@H]3CC(OS(=O)(=O)O)=C4CC5OC5C[C@]4(C)[C@H]3CC[C@]12C. The van der Waals surface area contributed by atoms with E-state index in [1.54, 1.807) is 0 Å². The van der Waals surface area contributed by atoms with E-state index in [1.807, 2.05) is 0 Å². The lowest BCUT2D eigenvalue weighted by atomic mass is 9.46. The second kappa shape index (κ2) is 8.23. The fraction of sp³-hybridized carbons (Fsp3) is 0.926. The first-order valence-corrected chi connectivity index (χ1v) is 14.8. The van der Waals surface area contributed by atoms with Gasteiger partial charge >= 0.3 is 10.4 Å². The van der Waals surface area contributed by atoms with Crippen molar-refractivity contribution < 1.29 is 21.9 Å². The number of hydrogen-bond acceptors (Lipinski definition) is 4. The summed E-state index contributed by atoms with van der Waals surface area (Å²) in [6.45, 7) is 12.0. The topological polar surface area (TPSA) is 76.1 Å². The molecule has 1 N–H and O–H groups in total. The molecule has 9 atom stereocenters. The molecule has 5 aliphatic rings. The van der Waals surface area contributed by atoms with Gasteiger partial charge in [-0.1, -0.05) is 53.9 Å². The third-order valence-corrected chi connectivity index (χ3v) is 11.2. The zero-order chi connectivity index (χ0) is 23.8. The van der Waals surface area contributed by atoms with E-state index in [-0.39, 0.29) is 11.5 Å². The molecule has 0 radical (unpaired) electrons. The Balaban J connectivity index is 1.41. The summed E-state index contributed by atoms with van der Waals surface area (Å²) in [6, 6.07) is 0. The molecule has 0 bridgehead atoms. The molecule has 2 unspecified atom stereocenters. The van der Waals surface area contributed by atoms with Gasteiger partial charge < -0.3 is 8.92 Å². The van der Waals surface area contributed by atoms with E-state index in [4.69, 9.17) is 8.92 Å². The minimum absolute atomic E-state index is 0.0805. The quantitative estimate of drug-likeness (QED) is 0.330. The molecule has 5 nitrogen and oxygen atoms in total. The van der Waals surface area contributed by atoms with Gasteiger partial charge in [0.05, 0.1) is 12.2 Å². The molecule has 0 aromatic carbocycles. The Morgan fingerprint density at radius 3 is 2.52 bits per heavy atom. The molecule has 4 aliphatic carbocycles. The van der Waals surface area contributed by atoms with Crippen LogP contribution in [0, 0.1) is 46.3 Å². The summed E-state index contributed by atoms with van der Waals surface area (Å²) in [5.41, 5.74) is 1.35. The third-order valence-electron chi connectivity index (χ3n) is 10.8. The van der Waals surface area contributed by atoms with Crippen molar-refractivity contribution in [2.45, 2.75) is 111 Å². The first-order valence-electron chi connectivity index (χ1n) is 13.5. The first kappa shape index (κ1) is 24.1. The minimum atomic E-state index is -4.52. The van der Waals surface area contributed by atoms with Crippen LogP contribution in [0.2, 0.25) is 0 Å². The summed E-state index contributed by atoms with van der Waals surface area (Å²) in [5.74, 6) is 4.39. The molecule has 4 fully saturated rings. The molecule has 6 heteroatoms. The van der Waals surface area contributed by atoms with E-state index < -0.39 is 10.4 Å². The molecule has 0 amide bonds. The van der Waals surface area contributed by atoms with Gasteiger partial charge in [0, 0.05) is 12.8 Å². The van der Waals surface area contributed by atoms with Gasteiger partial charge in [0.1, 0.15) is 5.76 Å². The molecule has 33 heavy (non-hydrogen) atoms. The fourth-order valence-corrected chi connectivity index (χ4v) is 9.68. The Labute approximate surface area is 201 Å². The van der Waals surface area contributed by atoms with Crippen LogP contribution >= 0.6 is 0 Å². The summed E-state index contributed by atoms with van der Waals surface area (Å²) in [4.78, 5) is 0. The zero-order valence-corrected chi connectivity index (χ0v) is 22.0. The molecular weight excluding hydrogens is 436 g/mol. The first-order chi connectivity index (χ1) is 15.4. The van der Waals surface area contributed by atoms with E-state index >= 15 is 0 Å². The normalized spacial score (nSPS) is 45.2. The van der Waals surface area contributed by atoms with Crippen molar-refractivity contribution in [3.05, 3.63) is 11.3 Å². The summed E-state index contributed by atoms with van der Waals surface area (Å²) >= 11 is 0. The highest BCUT2D eigenvalue weighted by molar-refractivity contribution is 7.81. The highest BCUT2D eigenvalue weighted by Crippen LogP contribution is 2.69. The predicted molar refractivity (Wildman–Crippen MR) is 129 cm³/mol. The number of fused-ring (bicyclic) bond motifs is 6. The maximum Gasteiger partial charge on any atom is 0.446 e. The van der Waals surface area contributed by atoms with E-state index in [0.29, 0.717) is 41.5 Å². The Morgan fingerprint density at radius 1 is 1.06 bits per heavy atom. The van der Waals surface area contributed by atoms with Crippen LogP contribution < -0.4 is 0 Å². The van der Waals surface area contributed by atoms with Crippen molar-refractivity contribution in [3.8, 4) is 0 Å². The number of epoxide rings is 1. The van der Waals surface area contributed by atoms with Crippen molar-refractivity contribution in [1.82, 2.24) is 0 Å². The Bertz CT molecular complexity index is 909. The van der Waals surface area contributed by atoms with Gasteiger partial charge in [-0.3, -0.25) is 4.55 Å².